The number of hydrogen-bond donors (Lipinski definition) is 1. The Labute approximate surface area is 119 Å². The smallest absolute Gasteiger partial charge is 0.392 e. The molecule has 1 aliphatic heterocycles. The highest BCUT2D eigenvalue weighted by Gasteiger charge is 2.26. The van der Waals surface area contributed by atoms with E-state index in [1.54, 1.807) is 6.07 Å². The minimum Gasteiger partial charge on any atom is -0.392 e. The molecular weight excluding hydrogens is 280 g/mol. The van der Waals surface area contributed by atoms with Crippen molar-refractivity contribution in [2.45, 2.75) is 25.3 Å². The Kier molecular flexibility index (Phi) is 3.83. The Bertz CT molecular complexity index is 683. The maximum atomic E-state index is 13.7. The van der Waals surface area contributed by atoms with Crippen LogP contribution < -0.4 is 5.76 Å². The molecule has 0 aliphatic carbocycles. The number of H-pyrrole nitrogens is 1. The first-order valence-corrected chi connectivity index (χ1v) is 6.84. The molecule has 1 saturated heterocycles. The van der Waals surface area contributed by atoms with Gasteiger partial charge in [0.1, 0.15) is 0 Å². The lowest BCUT2D eigenvalue weighted by molar-refractivity contribution is 0.182. The Balaban J connectivity index is 1.71. The fourth-order valence-corrected chi connectivity index (χ4v) is 2.73. The summed E-state index contributed by atoms with van der Waals surface area (Å²) in [5, 5.41) is 6.09. The molecule has 21 heavy (non-hydrogen) atoms. The van der Waals surface area contributed by atoms with Crippen molar-refractivity contribution in [1.29, 1.82) is 0 Å². The maximum Gasteiger partial charge on any atom is 0.434 e. The highest BCUT2D eigenvalue weighted by atomic mass is 19.2. The molecule has 7 heteroatoms. The maximum absolute atomic E-state index is 13.7. The molecule has 1 N–H and O–H groups in total. The molecule has 2 heterocycles. The summed E-state index contributed by atoms with van der Waals surface area (Å²) in [4.78, 5) is 13.0. The van der Waals surface area contributed by atoms with E-state index in [0.29, 0.717) is 24.5 Å². The fourth-order valence-electron chi connectivity index (χ4n) is 2.73. The quantitative estimate of drug-likeness (QED) is 0.941. The minimum atomic E-state index is -0.834. The standard InChI is InChI=1S/C14H15F2N3O2/c15-11-5-1-3-9(12(11)16)7-19-6-2-4-10(8-19)13-17-18-14(20)21-13/h1,3,5,10H,2,4,6-8H2,(H,18,20). The van der Waals surface area contributed by atoms with Crippen LogP contribution in [0.5, 0.6) is 0 Å². The summed E-state index contributed by atoms with van der Waals surface area (Å²) in [6.45, 7) is 1.72. The molecule has 1 aromatic heterocycles. The number of nitrogens with one attached hydrogen (secondary N) is 1. The van der Waals surface area contributed by atoms with E-state index in [1.807, 2.05) is 4.90 Å². The van der Waals surface area contributed by atoms with Crippen LogP contribution in [0.4, 0.5) is 8.78 Å². The Morgan fingerprint density at radius 1 is 1.43 bits per heavy atom. The zero-order chi connectivity index (χ0) is 14.8. The van der Waals surface area contributed by atoms with Gasteiger partial charge in [-0.3, -0.25) is 4.90 Å². The first-order valence-electron chi connectivity index (χ1n) is 6.84. The molecule has 1 unspecified atom stereocenters. The van der Waals surface area contributed by atoms with Gasteiger partial charge < -0.3 is 4.42 Å². The van der Waals surface area contributed by atoms with Gasteiger partial charge in [0.25, 0.3) is 0 Å². The average Bonchev–Trinajstić information content (AvgIpc) is 2.91. The van der Waals surface area contributed by atoms with Crippen molar-refractivity contribution in [3.63, 3.8) is 0 Å². The second-order valence-corrected chi connectivity index (χ2v) is 5.24. The van der Waals surface area contributed by atoms with Gasteiger partial charge in [-0.2, -0.15) is 0 Å². The molecule has 1 aliphatic rings. The van der Waals surface area contributed by atoms with Gasteiger partial charge in [0.05, 0.1) is 5.92 Å². The molecular formula is C14H15F2N3O2. The van der Waals surface area contributed by atoms with Crippen molar-refractivity contribution in [3.8, 4) is 0 Å². The van der Waals surface area contributed by atoms with Gasteiger partial charge >= 0.3 is 5.76 Å². The first-order chi connectivity index (χ1) is 10.1. The first kappa shape index (κ1) is 13.9. The second kappa shape index (κ2) is 5.77. The van der Waals surface area contributed by atoms with Gasteiger partial charge in [-0.05, 0) is 25.5 Å². The molecule has 0 spiro atoms. The number of aromatic nitrogens is 2. The Morgan fingerprint density at radius 3 is 3.05 bits per heavy atom. The van der Waals surface area contributed by atoms with Gasteiger partial charge in [-0.1, -0.05) is 12.1 Å². The van der Waals surface area contributed by atoms with E-state index >= 15 is 0 Å². The van der Waals surface area contributed by atoms with Gasteiger partial charge in [0.2, 0.25) is 5.89 Å². The molecule has 5 nitrogen and oxygen atoms in total. The third-order valence-corrected chi connectivity index (χ3v) is 3.73. The third kappa shape index (κ3) is 3.02. The van der Waals surface area contributed by atoms with Crippen LogP contribution in [0.2, 0.25) is 0 Å². The van der Waals surface area contributed by atoms with Crippen molar-refractivity contribution < 1.29 is 13.2 Å². The van der Waals surface area contributed by atoms with E-state index in [1.165, 1.54) is 6.07 Å². The van der Waals surface area contributed by atoms with Crippen LogP contribution in [0.3, 0.4) is 0 Å². The number of hydrogen-bond acceptors (Lipinski definition) is 4. The fraction of sp³-hybridized carbons (Fsp3) is 0.429. The topological polar surface area (TPSA) is 62.1 Å². The number of piperidine rings is 1. The van der Waals surface area contributed by atoms with E-state index in [-0.39, 0.29) is 5.92 Å². The van der Waals surface area contributed by atoms with Crippen molar-refractivity contribution in [3.05, 3.63) is 51.8 Å². The highest BCUT2D eigenvalue weighted by molar-refractivity contribution is 5.19. The third-order valence-electron chi connectivity index (χ3n) is 3.73. The predicted octanol–water partition coefficient (Wildman–Crippen LogP) is 2.02. The molecule has 2 aromatic rings. The number of aromatic amines is 1. The lowest BCUT2D eigenvalue weighted by atomic mass is 9.97. The summed E-state index contributed by atoms with van der Waals surface area (Å²) >= 11 is 0. The van der Waals surface area contributed by atoms with E-state index in [2.05, 4.69) is 10.2 Å². The molecule has 1 fully saturated rings. The number of likely N-dealkylation sites (tertiary alicyclic amines) is 1. The van der Waals surface area contributed by atoms with Crippen LogP contribution in [0, 0.1) is 11.6 Å². The summed E-state index contributed by atoms with van der Waals surface area (Å²) < 4.78 is 31.9. The Hall–Kier alpha value is -2.02. The van der Waals surface area contributed by atoms with Crippen LogP contribution in [-0.2, 0) is 6.54 Å². The average molecular weight is 295 g/mol. The lowest BCUT2D eigenvalue weighted by Crippen LogP contribution is -2.34. The summed E-state index contributed by atoms with van der Waals surface area (Å²) in [5.41, 5.74) is 0.333. The summed E-state index contributed by atoms with van der Waals surface area (Å²) in [5.74, 6) is -1.83. The summed E-state index contributed by atoms with van der Waals surface area (Å²) in [6.07, 6.45) is 1.74. The molecule has 1 atom stereocenters. The normalized spacial score (nSPS) is 19.8. The molecule has 112 valence electrons. The van der Waals surface area contributed by atoms with Gasteiger partial charge in [-0.25, -0.2) is 18.7 Å². The zero-order valence-electron chi connectivity index (χ0n) is 11.3. The van der Waals surface area contributed by atoms with Gasteiger partial charge in [0.15, 0.2) is 11.6 Å². The number of halogens is 2. The van der Waals surface area contributed by atoms with Crippen molar-refractivity contribution >= 4 is 0 Å². The lowest BCUT2D eigenvalue weighted by Gasteiger charge is -2.31. The van der Waals surface area contributed by atoms with E-state index in [0.717, 1.165) is 25.5 Å². The van der Waals surface area contributed by atoms with Gasteiger partial charge in [0, 0.05) is 18.7 Å². The number of benzene rings is 1. The predicted molar refractivity (Wildman–Crippen MR) is 70.7 cm³/mol. The monoisotopic (exact) mass is 295 g/mol. The van der Waals surface area contributed by atoms with Crippen LogP contribution >= 0.6 is 0 Å². The molecule has 0 amide bonds. The van der Waals surface area contributed by atoms with Crippen LogP contribution in [0.1, 0.15) is 30.2 Å². The molecule has 0 bridgehead atoms. The van der Waals surface area contributed by atoms with Crippen LogP contribution in [0.25, 0.3) is 0 Å². The highest BCUT2D eigenvalue weighted by Crippen LogP contribution is 2.26. The molecule has 0 saturated carbocycles. The Morgan fingerprint density at radius 2 is 2.29 bits per heavy atom. The van der Waals surface area contributed by atoms with Crippen LogP contribution in [0.15, 0.2) is 27.4 Å². The van der Waals surface area contributed by atoms with Crippen LogP contribution in [-0.4, -0.2) is 28.2 Å². The van der Waals surface area contributed by atoms with E-state index < -0.39 is 17.4 Å². The van der Waals surface area contributed by atoms with E-state index in [4.69, 9.17) is 4.42 Å². The largest absolute Gasteiger partial charge is 0.434 e. The number of nitrogens with zero attached hydrogens (tertiary/aromatic N) is 2. The minimum absolute atomic E-state index is 0.00526. The van der Waals surface area contributed by atoms with Crippen molar-refractivity contribution in [2.75, 3.05) is 13.1 Å². The SMILES string of the molecule is O=c1[nH]nc(C2CCCN(Cc3cccc(F)c3F)C2)o1. The zero-order valence-corrected chi connectivity index (χ0v) is 11.3. The van der Waals surface area contributed by atoms with Crippen molar-refractivity contribution in [1.82, 2.24) is 15.1 Å². The van der Waals surface area contributed by atoms with E-state index in [9.17, 15) is 13.6 Å². The second-order valence-electron chi connectivity index (χ2n) is 5.24. The summed E-state index contributed by atoms with van der Waals surface area (Å²) in [6, 6.07) is 4.19. The molecule has 1 aromatic carbocycles. The molecule has 3 rings (SSSR count). The number of rotatable bonds is 3. The van der Waals surface area contributed by atoms with Crippen molar-refractivity contribution in [2.24, 2.45) is 0 Å². The molecule has 0 radical (unpaired) electrons. The van der Waals surface area contributed by atoms with Gasteiger partial charge in [-0.15, -0.1) is 5.10 Å². The summed E-state index contributed by atoms with van der Waals surface area (Å²) in [7, 11) is 0.